The minimum Gasteiger partial charge on any atom is -0.497 e. The second-order valence-corrected chi connectivity index (χ2v) is 6.97. The summed E-state index contributed by atoms with van der Waals surface area (Å²) in [7, 11) is 3.11. The molecule has 1 aliphatic heterocycles. The van der Waals surface area contributed by atoms with Gasteiger partial charge in [0.2, 0.25) is 5.91 Å². The summed E-state index contributed by atoms with van der Waals surface area (Å²) >= 11 is 5.85. The number of hydrogen-bond acceptors (Lipinski definition) is 5. The van der Waals surface area contributed by atoms with Gasteiger partial charge >= 0.3 is 0 Å². The van der Waals surface area contributed by atoms with Crippen LogP contribution in [0.25, 0.3) is 0 Å². The number of ether oxygens (including phenoxy) is 3. The van der Waals surface area contributed by atoms with Crippen LogP contribution in [-0.2, 0) is 9.59 Å². The van der Waals surface area contributed by atoms with Gasteiger partial charge in [-0.1, -0.05) is 11.6 Å². The third-order valence-electron chi connectivity index (χ3n) is 4.83. The van der Waals surface area contributed by atoms with Crippen molar-refractivity contribution in [2.45, 2.75) is 13.0 Å². The second-order valence-electron chi connectivity index (χ2n) is 6.53. The van der Waals surface area contributed by atoms with E-state index in [4.69, 9.17) is 25.8 Å². The Morgan fingerprint density at radius 1 is 1.07 bits per heavy atom. The van der Waals surface area contributed by atoms with E-state index >= 15 is 0 Å². The average Bonchev–Trinajstić information content (AvgIpc) is 2.74. The first-order chi connectivity index (χ1) is 13.9. The molecular weight excluding hydrogens is 396 g/mol. The van der Waals surface area contributed by atoms with E-state index in [0.717, 1.165) is 0 Å². The minimum absolute atomic E-state index is 0.151. The largest absolute Gasteiger partial charge is 0.497 e. The van der Waals surface area contributed by atoms with Crippen molar-refractivity contribution in [2.24, 2.45) is 0 Å². The monoisotopic (exact) mass is 418 g/mol. The van der Waals surface area contributed by atoms with Crippen LogP contribution in [0.5, 0.6) is 17.2 Å². The molecule has 1 aliphatic rings. The number of anilines is 1. The number of hydrogen-bond donors (Lipinski definition) is 0. The molecule has 0 unspecified atom stereocenters. The molecule has 0 aromatic heterocycles. The molecule has 2 amide bonds. The topological polar surface area (TPSA) is 68.3 Å². The fraction of sp³-hybridized carbons (Fsp3) is 0.333. The van der Waals surface area contributed by atoms with Crippen molar-refractivity contribution in [1.82, 2.24) is 4.90 Å². The van der Waals surface area contributed by atoms with Crippen molar-refractivity contribution in [3.05, 3.63) is 47.5 Å². The highest BCUT2D eigenvalue weighted by Crippen LogP contribution is 2.34. The lowest BCUT2D eigenvalue weighted by Crippen LogP contribution is -2.58. The Hall–Kier alpha value is -2.93. The first-order valence-corrected chi connectivity index (χ1v) is 9.53. The number of carbonyl (C=O) groups is 2. The normalized spacial score (nSPS) is 16.6. The highest BCUT2D eigenvalue weighted by molar-refractivity contribution is 6.30. The standard InChI is InChI=1S/C21H23ClN2O5/c1-14-21(26)24(18-12-17(27-2)8-9-19(18)28-3)11-10-23(14)20(25)13-29-16-6-4-15(22)5-7-16/h4-9,12,14H,10-11,13H2,1-3H3/t14-/m1/s1. The van der Waals surface area contributed by atoms with Crippen LogP contribution in [0.1, 0.15) is 6.92 Å². The SMILES string of the molecule is COc1ccc(OC)c(N2CCN(C(=O)COc3ccc(Cl)cc3)[C@H](C)C2=O)c1. The molecule has 0 aliphatic carbocycles. The second kappa shape index (κ2) is 9.05. The maximum Gasteiger partial charge on any atom is 0.261 e. The summed E-state index contributed by atoms with van der Waals surface area (Å²) in [5.74, 6) is 1.29. The van der Waals surface area contributed by atoms with Gasteiger partial charge in [-0.2, -0.15) is 0 Å². The molecule has 3 rings (SSSR count). The first kappa shape index (κ1) is 20.8. The Kier molecular flexibility index (Phi) is 6.49. The van der Waals surface area contributed by atoms with Crippen LogP contribution >= 0.6 is 11.6 Å². The highest BCUT2D eigenvalue weighted by Gasteiger charge is 2.36. The van der Waals surface area contributed by atoms with Crippen LogP contribution in [0.3, 0.4) is 0 Å². The lowest BCUT2D eigenvalue weighted by molar-refractivity contribution is -0.142. The third-order valence-corrected chi connectivity index (χ3v) is 5.08. The molecule has 2 aromatic carbocycles. The van der Waals surface area contributed by atoms with Gasteiger partial charge in [0.25, 0.3) is 5.91 Å². The van der Waals surface area contributed by atoms with Gasteiger partial charge in [-0.3, -0.25) is 9.59 Å². The maximum atomic E-state index is 13.0. The summed E-state index contributed by atoms with van der Waals surface area (Å²) in [6.45, 7) is 2.29. The summed E-state index contributed by atoms with van der Waals surface area (Å²) in [5.41, 5.74) is 0.619. The van der Waals surface area contributed by atoms with E-state index in [2.05, 4.69) is 0 Å². The molecule has 1 heterocycles. The fourth-order valence-corrected chi connectivity index (χ4v) is 3.34. The molecule has 7 nitrogen and oxygen atoms in total. The van der Waals surface area contributed by atoms with Crippen molar-refractivity contribution in [1.29, 1.82) is 0 Å². The van der Waals surface area contributed by atoms with E-state index in [1.807, 2.05) is 0 Å². The first-order valence-electron chi connectivity index (χ1n) is 9.16. The zero-order valence-electron chi connectivity index (χ0n) is 16.6. The number of nitrogens with zero attached hydrogens (tertiary/aromatic N) is 2. The van der Waals surface area contributed by atoms with Crippen LogP contribution in [0, 0.1) is 0 Å². The predicted molar refractivity (Wildman–Crippen MR) is 110 cm³/mol. The van der Waals surface area contributed by atoms with E-state index in [0.29, 0.717) is 41.0 Å². The maximum absolute atomic E-state index is 13.0. The van der Waals surface area contributed by atoms with Gasteiger partial charge in [0.15, 0.2) is 6.61 Å². The quantitative estimate of drug-likeness (QED) is 0.721. The van der Waals surface area contributed by atoms with Crippen molar-refractivity contribution >= 4 is 29.1 Å². The van der Waals surface area contributed by atoms with Crippen molar-refractivity contribution in [3.8, 4) is 17.2 Å². The summed E-state index contributed by atoms with van der Waals surface area (Å²) in [6.07, 6.45) is 0. The van der Waals surface area contributed by atoms with Crippen molar-refractivity contribution in [2.75, 3.05) is 38.8 Å². The molecule has 154 valence electrons. The fourth-order valence-electron chi connectivity index (χ4n) is 3.22. The molecule has 0 bridgehead atoms. The molecule has 2 aromatic rings. The van der Waals surface area contributed by atoms with Crippen LogP contribution in [0.15, 0.2) is 42.5 Å². The van der Waals surface area contributed by atoms with E-state index in [9.17, 15) is 9.59 Å². The number of methoxy groups -OCH3 is 2. The lowest BCUT2D eigenvalue weighted by atomic mass is 10.1. The summed E-state index contributed by atoms with van der Waals surface area (Å²) in [5, 5.41) is 0.590. The van der Waals surface area contributed by atoms with Crippen LogP contribution in [-0.4, -0.2) is 56.7 Å². The Morgan fingerprint density at radius 2 is 1.76 bits per heavy atom. The van der Waals surface area contributed by atoms with Crippen LogP contribution in [0.2, 0.25) is 5.02 Å². The Bertz CT molecular complexity index is 887. The number of rotatable bonds is 6. The van der Waals surface area contributed by atoms with E-state index in [-0.39, 0.29) is 18.4 Å². The summed E-state index contributed by atoms with van der Waals surface area (Å²) in [6, 6.07) is 11.4. The number of amides is 2. The molecule has 29 heavy (non-hydrogen) atoms. The minimum atomic E-state index is -0.624. The van der Waals surface area contributed by atoms with Gasteiger partial charge in [0.05, 0.1) is 19.9 Å². The third kappa shape index (κ3) is 4.56. The number of carbonyl (C=O) groups excluding carboxylic acids is 2. The molecule has 1 atom stereocenters. The Balaban J connectivity index is 1.69. The average molecular weight is 419 g/mol. The van der Waals surface area contributed by atoms with Gasteiger partial charge in [0.1, 0.15) is 23.3 Å². The van der Waals surface area contributed by atoms with Gasteiger partial charge in [0, 0.05) is 24.2 Å². The molecule has 0 N–H and O–H groups in total. The van der Waals surface area contributed by atoms with Gasteiger partial charge in [-0.05, 0) is 43.3 Å². The molecule has 8 heteroatoms. The number of halogens is 1. The van der Waals surface area contributed by atoms with Crippen LogP contribution < -0.4 is 19.1 Å². The molecule has 1 fully saturated rings. The predicted octanol–water partition coefficient (Wildman–Crippen LogP) is 3.00. The zero-order valence-corrected chi connectivity index (χ0v) is 17.3. The van der Waals surface area contributed by atoms with Gasteiger partial charge < -0.3 is 24.0 Å². The highest BCUT2D eigenvalue weighted by atomic mass is 35.5. The summed E-state index contributed by atoms with van der Waals surface area (Å²) in [4.78, 5) is 28.8. The molecule has 0 radical (unpaired) electrons. The van der Waals surface area contributed by atoms with Gasteiger partial charge in [-0.15, -0.1) is 0 Å². The number of piperazine rings is 1. The molecule has 1 saturated heterocycles. The van der Waals surface area contributed by atoms with E-state index < -0.39 is 6.04 Å². The van der Waals surface area contributed by atoms with E-state index in [1.54, 1.807) is 68.5 Å². The molecule has 0 saturated carbocycles. The molecule has 0 spiro atoms. The van der Waals surface area contributed by atoms with Gasteiger partial charge in [-0.25, -0.2) is 0 Å². The zero-order chi connectivity index (χ0) is 21.0. The van der Waals surface area contributed by atoms with E-state index in [1.165, 1.54) is 4.90 Å². The van der Waals surface area contributed by atoms with Crippen molar-refractivity contribution in [3.63, 3.8) is 0 Å². The summed E-state index contributed by atoms with van der Waals surface area (Å²) < 4.78 is 16.2. The van der Waals surface area contributed by atoms with Crippen LogP contribution in [0.4, 0.5) is 5.69 Å². The Morgan fingerprint density at radius 3 is 2.41 bits per heavy atom. The smallest absolute Gasteiger partial charge is 0.261 e. The Labute approximate surface area is 174 Å². The lowest BCUT2D eigenvalue weighted by Gasteiger charge is -2.39. The van der Waals surface area contributed by atoms with Crippen molar-refractivity contribution < 1.29 is 23.8 Å². The number of benzene rings is 2. The molecular formula is C21H23ClN2O5.